The van der Waals surface area contributed by atoms with Crippen molar-refractivity contribution in [3.05, 3.63) is 52.1 Å². The van der Waals surface area contributed by atoms with Gasteiger partial charge in [0.15, 0.2) is 0 Å². The molecule has 6 nitrogen and oxygen atoms in total. The van der Waals surface area contributed by atoms with E-state index in [4.69, 9.17) is 11.6 Å². The molecule has 1 N–H and O–H groups in total. The van der Waals surface area contributed by atoms with E-state index in [9.17, 15) is 15.3 Å². The lowest BCUT2D eigenvalue weighted by Crippen LogP contribution is -2.02. The zero-order valence-electron chi connectivity index (χ0n) is 17.3. The number of aryl methyl sites for hydroxylation is 1. The molecule has 0 saturated carbocycles. The van der Waals surface area contributed by atoms with Crippen LogP contribution in [-0.2, 0) is 6.54 Å². The summed E-state index contributed by atoms with van der Waals surface area (Å²) in [6.07, 6.45) is 7.19. The molecule has 0 fully saturated rings. The van der Waals surface area contributed by atoms with Gasteiger partial charge in [-0.15, -0.1) is 11.6 Å². The van der Waals surface area contributed by atoms with Crippen LogP contribution < -0.4 is 0 Å². The minimum atomic E-state index is -0.373. The summed E-state index contributed by atoms with van der Waals surface area (Å²) in [5, 5.41) is 26.2. The van der Waals surface area contributed by atoms with Gasteiger partial charge in [-0.2, -0.15) is 0 Å². The topological polar surface area (TPSA) is 80.7 Å². The first kappa shape index (κ1) is 22.1. The number of hydrogen-bond acceptors (Lipinski definition) is 4. The van der Waals surface area contributed by atoms with Crippen molar-refractivity contribution in [3.63, 3.8) is 0 Å². The third-order valence-corrected chi connectivity index (χ3v) is 5.81. The maximum absolute atomic E-state index is 11.3. The second kappa shape index (κ2) is 10.4. The number of nitro benzene ring substituents is 1. The Labute approximate surface area is 181 Å². The first-order valence-corrected chi connectivity index (χ1v) is 11.1. The van der Waals surface area contributed by atoms with Crippen LogP contribution in [0.1, 0.15) is 57.4 Å². The highest BCUT2D eigenvalue weighted by Gasteiger charge is 2.16. The molecular formula is C23H28ClN3O3. The third-order valence-electron chi connectivity index (χ3n) is 5.55. The van der Waals surface area contributed by atoms with Crippen LogP contribution in [0, 0.1) is 10.1 Å². The summed E-state index contributed by atoms with van der Waals surface area (Å²) in [6, 6.07) is 10.9. The number of oxime groups is 1. The predicted molar refractivity (Wildman–Crippen MR) is 123 cm³/mol. The molecule has 1 heterocycles. The van der Waals surface area contributed by atoms with Gasteiger partial charge < -0.3 is 9.77 Å². The molecule has 0 aliphatic rings. The standard InChI is InChI=1S/C23H28ClN3O3/c1-2-3-4-5-6-8-21(25-28)17-9-11-22-19(15-17)20-16-18(27(29)30)10-12-23(20)26(22)14-7-13-24/h9-12,15-16,28H,2-8,13-14H2,1H3. The lowest BCUT2D eigenvalue weighted by atomic mass is 10.0. The Morgan fingerprint density at radius 2 is 1.77 bits per heavy atom. The van der Waals surface area contributed by atoms with Crippen molar-refractivity contribution in [3.8, 4) is 0 Å². The van der Waals surface area contributed by atoms with E-state index in [0.717, 1.165) is 53.2 Å². The molecule has 3 aromatic rings. The molecule has 0 aliphatic carbocycles. The maximum Gasteiger partial charge on any atom is 0.270 e. The number of nitro groups is 1. The first-order valence-electron chi connectivity index (χ1n) is 10.6. The number of non-ortho nitro benzene ring substituents is 1. The Balaban J connectivity index is 2.01. The van der Waals surface area contributed by atoms with Crippen molar-refractivity contribution in [2.75, 3.05) is 5.88 Å². The minimum Gasteiger partial charge on any atom is -0.411 e. The van der Waals surface area contributed by atoms with Crippen molar-refractivity contribution in [1.82, 2.24) is 4.57 Å². The van der Waals surface area contributed by atoms with E-state index in [-0.39, 0.29) is 10.6 Å². The number of fused-ring (bicyclic) bond motifs is 3. The summed E-state index contributed by atoms with van der Waals surface area (Å²) in [5.74, 6) is 0.547. The Hall–Kier alpha value is -2.60. The number of aromatic nitrogens is 1. The molecular weight excluding hydrogens is 402 g/mol. The zero-order chi connectivity index (χ0) is 21.5. The highest BCUT2D eigenvalue weighted by atomic mass is 35.5. The lowest BCUT2D eigenvalue weighted by molar-refractivity contribution is -0.384. The fourth-order valence-electron chi connectivity index (χ4n) is 3.99. The molecule has 0 atom stereocenters. The van der Waals surface area contributed by atoms with Crippen molar-refractivity contribution in [2.45, 2.75) is 58.4 Å². The Kier molecular flexibility index (Phi) is 7.69. The Morgan fingerprint density at radius 1 is 1.07 bits per heavy atom. The van der Waals surface area contributed by atoms with Crippen LogP contribution in [0.4, 0.5) is 5.69 Å². The van der Waals surface area contributed by atoms with Gasteiger partial charge in [0.05, 0.1) is 10.6 Å². The molecule has 1 aromatic heterocycles. The fourth-order valence-corrected chi connectivity index (χ4v) is 4.11. The number of benzene rings is 2. The van der Waals surface area contributed by atoms with Gasteiger partial charge >= 0.3 is 0 Å². The summed E-state index contributed by atoms with van der Waals surface area (Å²) in [5.41, 5.74) is 3.51. The number of halogens is 1. The van der Waals surface area contributed by atoms with Gasteiger partial charge in [0.2, 0.25) is 0 Å². The number of hydrogen-bond donors (Lipinski definition) is 1. The molecule has 0 spiro atoms. The Morgan fingerprint density at radius 3 is 2.43 bits per heavy atom. The molecule has 160 valence electrons. The monoisotopic (exact) mass is 429 g/mol. The highest BCUT2D eigenvalue weighted by Crippen LogP contribution is 2.33. The number of alkyl halides is 1. The third kappa shape index (κ3) is 4.75. The van der Waals surface area contributed by atoms with E-state index >= 15 is 0 Å². The van der Waals surface area contributed by atoms with E-state index < -0.39 is 0 Å². The Bertz CT molecular complexity index is 1060. The van der Waals surface area contributed by atoms with Gasteiger partial charge in [-0.3, -0.25) is 10.1 Å². The molecule has 0 saturated heterocycles. The van der Waals surface area contributed by atoms with Crippen LogP contribution in [-0.4, -0.2) is 26.3 Å². The van der Waals surface area contributed by atoms with E-state index in [1.165, 1.54) is 25.3 Å². The first-order chi connectivity index (χ1) is 14.6. The number of rotatable bonds is 11. The molecule has 2 aromatic carbocycles. The van der Waals surface area contributed by atoms with Crippen molar-refractivity contribution < 1.29 is 10.1 Å². The molecule has 7 heteroatoms. The number of unbranched alkanes of at least 4 members (excludes halogenated alkanes) is 4. The van der Waals surface area contributed by atoms with Gasteiger partial charge in [0.25, 0.3) is 5.69 Å². The van der Waals surface area contributed by atoms with Gasteiger partial charge in [-0.25, -0.2) is 0 Å². The van der Waals surface area contributed by atoms with Crippen LogP contribution in [0.3, 0.4) is 0 Å². The van der Waals surface area contributed by atoms with Crippen LogP contribution >= 0.6 is 11.6 Å². The van der Waals surface area contributed by atoms with E-state index in [1.54, 1.807) is 12.1 Å². The fraction of sp³-hybridized carbons (Fsp3) is 0.435. The number of nitrogens with zero attached hydrogens (tertiary/aromatic N) is 3. The van der Waals surface area contributed by atoms with Crippen LogP contribution in [0.2, 0.25) is 0 Å². The highest BCUT2D eigenvalue weighted by molar-refractivity contribution is 6.17. The average molecular weight is 430 g/mol. The normalized spacial score (nSPS) is 12.1. The molecule has 30 heavy (non-hydrogen) atoms. The zero-order valence-corrected chi connectivity index (χ0v) is 18.1. The summed E-state index contributed by atoms with van der Waals surface area (Å²) < 4.78 is 2.15. The van der Waals surface area contributed by atoms with E-state index in [1.807, 2.05) is 18.2 Å². The van der Waals surface area contributed by atoms with E-state index in [2.05, 4.69) is 16.6 Å². The van der Waals surface area contributed by atoms with Crippen molar-refractivity contribution in [1.29, 1.82) is 0 Å². The molecule has 3 rings (SSSR count). The quantitative estimate of drug-likeness (QED) is 0.0901. The van der Waals surface area contributed by atoms with Gasteiger partial charge in [-0.1, -0.05) is 43.8 Å². The second-order valence-corrected chi connectivity index (χ2v) is 7.97. The molecule has 0 aliphatic heterocycles. The minimum absolute atomic E-state index is 0.0660. The smallest absolute Gasteiger partial charge is 0.270 e. The lowest BCUT2D eigenvalue weighted by Gasteiger charge is -2.08. The van der Waals surface area contributed by atoms with Crippen LogP contribution in [0.25, 0.3) is 21.8 Å². The maximum atomic E-state index is 11.3. The van der Waals surface area contributed by atoms with Gasteiger partial charge in [-0.05, 0) is 37.5 Å². The summed E-state index contributed by atoms with van der Waals surface area (Å²) in [6.45, 7) is 2.92. The van der Waals surface area contributed by atoms with Gasteiger partial charge in [0, 0.05) is 51.9 Å². The summed E-state index contributed by atoms with van der Waals surface area (Å²) >= 11 is 5.91. The van der Waals surface area contributed by atoms with Crippen molar-refractivity contribution in [2.24, 2.45) is 5.16 Å². The van der Waals surface area contributed by atoms with Crippen LogP contribution in [0.5, 0.6) is 0 Å². The molecule has 0 amide bonds. The average Bonchev–Trinajstić information content (AvgIpc) is 3.07. The summed E-state index contributed by atoms with van der Waals surface area (Å²) in [7, 11) is 0. The van der Waals surface area contributed by atoms with Crippen molar-refractivity contribution >= 4 is 44.8 Å². The molecule has 0 radical (unpaired) electrons. The van der Waals surface area contributed by atoms with E-state index in [0.29, 0.717) is 18.0 Å². The van der Waals surface area contributed by atoms with Crippen LogP contribution in [0.15, 0.2) is 41.6 Å². The molecule has 0 bridgehead atoms. The largest absolute Gasteiger partial charge is 0.411 e. The second-order valence-electron chi connectivity index (χ2n) is 7.60. The SMILES string of the molecule is CCCCCCCC(=NO)c1ccc2c(c1)c1cc([N+](=O)[O-])ccc1n2CCCCl. The predicted octanol–water partition coefficient (Wildman–Crippen LogP) is 6.87. The summed E-state index contributed by atoms with van der Waals surface area (Å²) in [4.78, 5) is 10.9. The van der Waals surface area contributed by atoms with Gasteiger partial charge in [0.1, 0.15) is 0 Å². The molecule has 0 unspecified atom stereocenters.